The summed E-state index contributed by atoms with van der Waals surface area (Å²) in [4.78, 5) is 13.4. The Morgan fingerprint density at radius 1 is 1.09 bits per heavy atom. The molecule has 0 bridgehead atoms. The molecule has 0 fully saturated rings. The van der Waals surface area contributed by atoms with Crippen molar-refractivity contribution in [2.45, 2.75) is 33.4 Å². The van der Waals surface area contributed by atoms with Crippen molar-refractivity contribution in [1.29, 1.82) is 0 Å². The van der Waals surface area contributed by atoms with Crippen LogP contribution in [0, 0.1) is 13.8 Å². The maximum Gasteiger partial charge on any atom is 0.338 e. The normalized spacial score (nSPS) is 15.2. The number of carbonyl (C=O) groups excluding carboxylic acids is 1. The van der Waals surface area contributed by atoms with Gasteiger partial charge in [-0.25, -0.2) is 4.79 Å². The third kappa shape index (κ3) is 3.67. The molecule has 0 saturated heterocycles. The number of carbonyl (C=O) groups is 1. The summed E-state index contributed by atoms with van der Waals surface area (Å²) in [5.41, 5.74) is 5.35. The van der Waals surface area contributed by atoms with Gasteiger partial charge in [0.2, 0.25) is 5.95 Å². The molecule has 1 aliphatic rings. The van der Waals surface area contributed by atoms with Gasteiger partial charge in [-0.2, -0.15) is 4.68 Å². The van der Waals surface area contributed by atoms with E-state index in [-0.39, 0.29) is 6.61 Å². The highest BCUT2D eigenvalue weighted by molar-refractivity contribution is 5.93. The Morgan fingerprint density at radius 2 is 1.85 bits per heavy atom. The van der Waals surface area contributed by atoms with Gasteiger partial charge < -0.3 is 14.6 Å². The van der Waals surface area contributed by atoms with Crippen LogP contribution in [-0.2, 0) is 16.1 Å². The highest BCUT2D eigenvalue weighted by Gasteiger charge is 2.36. The Bertz CT molecular complexity index is 1340. The van der Waals surface area contributed by atoms with Crippen LogP contribution in [0.1, 0.15) is 35.5 Å². The van der Waals surface area contributed by atoms with E-state index in [1.165, 1.54) is 0 Å². The van der Waals surface area contributed by atoms with Gasteiger partial charge in [0.25, 0.3) is 0 Å². The first kappa shape index (κ1) is 20.6. The molecule has 0 radical (unpaired) electrons. The molecule has 5 rings (SSSR count). The number of benzene rings is 2. The van der Waals surface area contributed by atoms with Crippen LogP contribution in [0.2, 0.25) is 0 Å². The zero-order valence-electron chi connectivity index (χ0n) is 18.4. The Balaban J connectivity index is 1.60. The van der Waals surface area contributed by atoms with Crippen molar-refractivity contribution in [3.05, 3.63) is 88.4 Å². The van der Waals surface area contributed by atoms with Crippen molar-refractivity contribution < 1.29 is 14.1 Å². The van der Waals surface area contributed by atoms with Gasteiger partial charge in [0.05, 0.1) is 11.3 Å². The highest BCUT2D eigenvalue weighted by Crippen LogP contribution is 2.41. The van der Waals surface area contributed by atoms with Crippen molar-refractivity contribution in [3.8, 4) is 11.1 Å². The summed E-state index contributed by atoms with van der Waals surface area (Å²) in [5, 5.41) is 19.3. The fourth-order valence-electron chi connectivity index (χ4n) is 4.20. The molecule has 9 nitrogen and oxygen atoms in total. The van der Waals surface area contributed by atoms with E-state index in [0.29, 0.717) is 23.0 Å². The maximum atomic E-state index is 13.4. The molecule has 1 unspecified atom stereocenters. The molecule has 4 aromatic rings. The van der Waals surface area contributed by atoms with Crippen molar-refractivity contribution in [2.24, 2.45) is 0 Å². The number of hydrogen-bond acceptors (Lipinski definition) is 8. The van der Waals surface area contributed by atoms with Crippen LogP contribution in [0.3, 0.4) is 0 Å². The quantitative estimate of drug-likeness (QED) is 0.463. The van der Waals surface area contributed by atoms with E-state index in [9.17, 15) is 4.79 Å². The second-order valence-electron chi connectivity index (χ2n) is 7.86. The van der Waals surface area contributed by atoms with Crippen LogP contribution >= 0.6 is 0 Å². The molecule has 9 heteroatoms. The van der Waals surface area contributed by atoms with Crippen molar-refractivity contribution in [2.75, 3.05) is 5.32 Å². The standard InChI is InChI=1S/C24H22N6O3/c1-14-21(23(31)32-13-17-9-5-4-6-10-17)22(30-24(25-14)26-28-29-30)19-12-8-7-11-18(19)20-15(2)27-33-16(20)3/h4-12,22H,13H2,1-3H3,(H,25,26,29). The molecule has 0 spiro atoms. The largest absolute Gasteiger partial charge is 0.457 e. The zero-order valence-corrected chi connectivity index (χ0v) is 18.4. The molecule has 2 aromatic heterocycles. The number of tetrazole rings is 1. The van der Waals surface area contributed by atoms with E-state index in [4.69, 9.17) is 9.26 Å². The molecule has 0 amide bonds. The zero-order chi connectivity index (χ0) is 22.9. The number of rotatable bonds is 5. The third-order valence-electron chi connectivity index (χ3n) is 5.70. The molecule has 2 aromatic carbocycles. The van der Waals surface area contributed by atoms with Crippen molar-refractivity contribution in [3.63, 3.8) is 0 Å². The molecular weight excluding hydrogens is 420 g/mol. The van der Waals surface area contributed by atoms with E-state index in [2.05, 4.69) is 26.0 Å². The number of aryl methyl sites for hydroxylation is 2. The second kappa shape index (κ2) is 8.34. The number of nitrogens with one attached hydrogen (secondary N) is 1. The lowest BCUT2D eigenvalue weighted by Gasteiger charge is -2.28. The first-order valence-corrected chi connectivity index (χ1v) is 10.5. The van der Waals surface area contributed by atoms with Crippen LogP contribution < -0.4 is 5.32 Å². The summed E-state index contributed by atoms with van der Waals surface area (Å²) in [6, 6.07) is 16.8. The van der Waals surface area contributed by atoms with E-state index < -0.39 is 12.0 Å². The lowest BCUT2D eigenvalue weighted by Crippen LogP contribution is -2.30. The monoisotopic (exact) mass is 442 g/mol. The molecule has 1 N–H and O–H groups in total. The van der Waals surface area contributed by atoms with Crippen LogP contribution in [0.25, 0.3) is 11.1 Å². The van der Waals surface area contributed by atoms with Crippen LogP contribution in [-0.4, -0.2) is 31.3 Å². The van der Waals surface area contributed by atoms with Crippen molar-refractivity contribution >= 4 is 11.9 Å². The van der Waals surface area contributed by atoms with Gasteiger partial charge in [-0.1, -0.05) is 64.9 Å². The fourth-order valence-corrected chi connectivity index (χ4v) is 4.20. The van der Waals surface area contributed by atoms with Gasteiger partial charge in [-0.15, -0.1) is 0 Å². The first-order valence-electron chi connectivity index (χ1n) is 10.5. The van der Waals surface area contributed by atoms with Gasteiger partial charge in [0.15, 0.2) is 0 Å². The second-order valence-corrected chi connectivity index (χ2v) is 7.86. The Hall–Kier alpha value is -4.27. The number of fused-ring (bicyclic) bond motifs is 1. The van der Waals surface area contributed by atoms with E-state index in [1.807, 2.05) is 75.4 Å². The van der Waals surface area contributed by atoms with Crippen LogP contribution in [0.4, 0.5) is 5.95 Å². The predicted molar refractivity (Wildman–Crippen MR) is 120 cm³/mol. The van der Waals surface area contributed by atoms with E-state index in [1.54, 1.807) is 4.68 Å². The van der Waals surface area contributed by atoms with Gasteiger partial charge in [0.1, 0.15) is 18.4 Å². The Morgan fingerprint density at radius 3 is 2.61 bits per heavy atom. The molecule has 0 saturated carbocycles. The number of aromatic nitrogens is 5. The van der Waals surface area contributed by atoms with Gasteiger partial charge in [-0.3, -0.25) is 0 Å². The third-order valence-corrected chi connectivity index (χ3v) is 5.70. The van der Waals surface area contributed by atoms with E-state index in [0.717, 1.165) is 27.9 Å². The number of esters is 1. The summed E-state index contributed by atoms with van der Waals surface area (Å²) < 4.78 is 12.7. The van der Waals surface area contributed by atoms with Crippen LogP contribution in [0.15, 0.2) is 70.4 Å². The maximum absolute atomic E-state index is 13.4. The summed E-state index contributed by atoms with van der Waals surface area (Å²) in [5.74, 6) is 0.703. The average molecular weight is 442 g/mol. The number of anilines is 1. The fraction of sp³-hybridized carbons (Fsp3) is 0.208. The smallest absolute Gasteiger partial charge is 0.338 e. The average Bonchev–Trinajstić information content (AvgIpc) is 3.43. The molecular formula is C24H22N6O3. The molecule has 1 aliphatic heterocycles. The first-order chi connectivity index (χ1) is 16.0. The summed E-state index contributed by atoms with van der Waals surface area (Å²) in [6.07, 6.45) is 0. The molecule has 3 heterocycles. The van der Waals surface area contributed by atoms with Crippen LogP contribution in [0.5, 0.6) is 0 Å². The Labute approximate surface area is 190 Å². The summed E-state index contributed by atoms with van der Waals surface area (Å²) >= 11 is 0. The lowest BCUT2D eigenvalue weighted by molar-refractivity contribution is -0.140. The number of ether oxygens (including phenoxy) is 1. The van der Waals surface area contributed by atoms with Gasteiger partial charge in [-0.05, 0) is 47.9 Å². The molecule has 1 atom stereocenters. The van der Waals surface area contributed by atoms with Gasteiger partial charge >= 0.3 is 5.97 Å². The lowest BCUT2D eigenvalue weighted by atomic mass is 9.88. The number of nitrogens with zero attached hydrogens (tertiary/aromatic N) is 5. The minimum atomic E-state index is -0.593. The topological polar surface area (TPSA) is 108 Å². The SMILES string of the molecule is CC1=C(C(=O)OCc2ccccc2)C(c2ccccc2-c2c(C)noc2C)n2nnnc2N1. The Kier molecular flexibility index (Phi) is 5.21. The minimum absolute atomic E-state index is 0.164. The van der Waals surface area contributed by atoms with Crippen molar-refractivity contribution in [1.82, 2.24) is 25.4 Å². The predicted octanol–water partition coefficient (Wildman–Crippen LogP) is 3.98. The minimum Gasteiger partial charge on any atom is -0.457 e. The van der Waals surface area contributed by atoms with E-state index >= 15 is 0 Å². The summed E-state index contributed by atoms with van der Waals surface area (Å²) in [7, 11) is 0. The number of hydrogen-bond donors (Lipinski definition) is 1. The highest BCUT2D eigenvalue weighted by atomic mass is 16.5. The molecule has 0 aliphatic carbocycles. The molecule has 33 heavy (non-hydrogen) atoms. The number of allylic oxidation sites excluding steroid dienone is 1. The summed E-state index contributed by atoms with van der Waals surface area (Å²) in [6.45, 7) is 5.75. The molecule has 166 valence electrons. The van der Waals surface area contributed by atoms with Gasteiger partial charge in [0, 0.05) is 11.3 Å².